The number of amides is 1. The summed E-state index contributed by atoms with van der Waals surface area (Å²) in [7, 11) is -3.15. The molecular weight excluding hydrogens is 292 g/mol. The van der Waals surface area contributed by atoms with Gasteiger partial charge < -0.3 is 10.0 Å². The number of aliphatic hydroxyl groups excluding tert-OH is 1. The minimum absolute atomic E-state index is 0.00950. The second kappa shape index (κ2) is 7.07. The molecule has 1 aliphatic carbocycles. The topological polar surface area (TPSA) is 77.9 Å². The van der Waals surface area contributed by atoms with Crippen molar-refractivity contribution in [3.05, 3.63) is 0 Å². The fourth-order valence-corrected chi connectivity index (χ4v) is 4.34. The van der Waals surface area contributed by atoms with Crippen LogP contribution in [0.5, 0.6) is 0 Å². The summed E-state index contributed by atoms with van der Waals surface area (Å²) in [6, 6.07) is 0.262. The van der Waals surface area contributed by atoms with Crippen molar-refractivity contribution in [1.82, 2.24) is 9.21 Å². The third-order valence-corrected chi connectivity index (χ3v) is 5.96. The molecule has 0 aromatic carbocycles. The first-order valence-electron chi connectivity index (χ1n) is 7.80. The van der Waals surface area contributed by atoms with E-state index in [2.05, 4.69) is 0 Å². The van der Waals surface area contributed by atoms with E-state index < -0.39 is 10.0 Å². The molecule has 1 aliphatic heterocycles. The lowest BCUT2D eigenvalue weighted by Crippen LogP contribution is -2.47. The third-order valence-electron chi connectivity index (χ3n) is 4.66. The largest absolute Gasteiger partial charge is 0.395 e. The minimum atomic E-state index is -3.15. The Morgan fingerprint density at radius 3 is 2.24 bits per heavy atom. The first-order chi connectivity index (χ1) is 9.93. The van der Waals surface area contributed by atoms with Crippen molar-refractivity contribution < 1.29 is 18.3 Å². The molecule has 1 N–H and O–H groups in total. The van der Waals surface area contributed by atoms with Gasteiger partial charge in [0, 0.05) is 31.6 Å². The fraction of sp³-hybridized carbons (Fsp3) is 0.929. The Balaban J connectivity index is 1.95. The average Bonchev–Trinajstić information content (AvgIpc) is 2.97. The van der Waals surface area contributed by atoms with Crippen LogP contribution in [0.3, 0.4) is 0 Å². The van der Waals surface area contributed by atoms with E-state index in [0.29, 0.717) is 32.5 Å². The highest BCUT2D eigenvalue weighted by molar-refractivity contribution is 7.88. The van der Waals surface area contributed by atoms with Crippen LogP contribution in [0, 0.1) is 5.92 Å². The number of nitrogens with zero attached hydrogens (tertiary/aromatic N) is 2. The molecule has 0 radical (unpaired) electrons. The van der Waals surface area contributed by atoms with E-state index in [1.165, 1.54) is 10.6 Å². The van der Waals surface area contributed by atoms with Gasteiger partial charge in [0.2, 0.25) is 15.9 Å². The molecule has 0 atom stereocenters. The lowest BCUT2D eigenvalue weighted by molar-refractivity contribution is -0.139. The summed E-state index contributed by atoms with van der Waals surface area (Å²) in [6.07, 6.45) is 6.72. The summed E-state index contributed by atoms with van der Waals surface area (Å²) in [4.78, 5) is 14.5. The van der Waals surface area contributed by atoms with Crippen molar-refractivity contribution in [3.8, 4) is 0 Å². The number of carbonyl (C=O) groups excluding carboxylic acids is 1. The number of aliphatic hydroxyl groups is 1. The highest BCUT2D eigenvalue weighted by atomic mass is 32.2. The molecule has 0 aromatic heterocycles. The summed E-state index contributed by atoms with van der Waals surface area (Å²) in [5, 5.41) is 9.21. The Kier molecular flexibility index (Phi) is 5.62. The molecular formula is C14H26N2O4S. The van der Waals surface area contributed by atoms with Gasteiger partial charge in [-0.15, -0.1) is 0 Å². The van der Waals surface area contributed by atoms with Crippen molar-refractivity contribution in [2.75, 3.05) is 32.5 Å². The molecule has 0 aromatic rings. The molecule has 1 saturated heterocycles. The Bertz CT molecular complexity index is 452. The molecule has 2 fully saturated rings. The van der Waals surface area contributed by atoms with Gasteiger partial charge in [0.05, 0.1) is 12.9 Å². The molecule has 21 heavy (non-hydrogen) atoms. The Hall–Kier alpha value is -0.660. The van der Waals surface area contributed by atoms with E-state index >= 15 is 0 Å². The Morgan fingerprint density at radius 1 is 1.19 bits per heavy atom. The molecule has 1 amide bonds. The van der Waals surface area contributed by atoms with Crippen LogP contribution in [0.15, 0.2) is 0 Å². The van der Waals surface area contributed by atoms with Crippen LogP contribution in [-0.2, 0) is 14.8 Å². The Labute approximate surface area is 127 Å². The predicted molar refractivity (Wildman–Crippen MR) is 80.2 cm³/mol. The third kappa shape index (κ3) is 4.17. The number of hydrogen-bond acceptors (Lipinski definition) is 4. The number of sulfonamides is 1. The maximum Gasteiger partial charge on any atom is 0.226 e. The Morgan fingerprint density at radius 2 is 1.76 bits per heavy atom. The van der Waals surface area contributed by atoms with Crippen molar-refractivity contribution >= 4 is 15.9 Å². The van der Waals surface area contributed by atoms with Crippen molar-refractivity contribution in [2.24, 2.45) is 5.92 Å². The van der Waals surface area contributed by atoms with E-state index in [0.717, 1.165) is 25.7 Å². The van der Waals surface area contributed by atoms with Gasteiger partial charge in [0.25, 0.3) is 0 Å². The second-order valence-electron chi connectivity index (χ2n) is 6.13. The lowest BCUT2D eigenvalue weighted by atomic mass is 9.95. The highest BCUT2D eigenvalue weighted by Crippen LogP contribution is 2.27. The lowest BCUT2D eigenvalue weighted by Gasteiger charge is -2.35. The van der Waals surface area contributed by atoms with Gasteiger partial charge in [-0.25, -0.2) is 12.7 Å². The quantitative estimate of drug-likeness (QED) is 0.797. The summed E-state index contributed by atoms with van der Waals surface area (Å²) in [5.41, 5.74) is 0. The zero-order chi connectivity index (χ0) is 15.5. The van der Waals surface area contributed by atoms with Crippen molar-refractivity contribution in [3.63, 3.8) is 0 Å². The van der Waals surface area contributed by atoms with E-state index in [4.69, 9.17) is 0 Å². The van der Waals surface area contributed by atoms with Gasteiger partial charge in [-0.05, 0) is 25.7 Å². The first-order valence-corrected chi connectivity index (χ1v) is 9.64. The summed E-state index contributed by atoms with van der Waals surface area (Å²) in [6.45, 7) is 1.24. The van der Waals surface area contributed by atoms with E-state index in [9.17, 15) is 18.3 Å². The number of rotatable bonds is 5. The van der Waals surface area contributed by atoms with Gasteiger partial charge in [-0.1, -0.05) is 12.8 Å². The van der Waals surface area contributed by atoms with E-state index in [1.807, 2.05) is 4.90 Å². The van der Waals surface area contributed by atoms with Crippen molar-refractivity contribution in [2.45, 2.75) is 44.6 Å². The molecule has 0 bridgehead atoms. The first kappa shape index (κ1) is 16.7. The van der Waals surface area contributed by atoms with Crippen molar-refractivity contribution in [1.29, 1.82) is 0 Å². The van der Waals surface area contributed by atoms with Crippen LogP contribution < -0.4 is 0 Å². The van der Waals surface area contributed by atoms with Crippen LogP contribution in [0.25, 0.3) is 0 Å². The minimum Gasteiger partial charge on any atom is -0.395 e. The van der Waals surface area contributed by atoms with Crippen LogP contribution in [-0.4, -0.2) is 67.2 Å². The molecule has 1 saturated carbocycles. The zero-order valence-corrected chi connectivity index (χ0v) is 13.5. The standard InChI is InChI=1S/C14H26N2O4S/c1-21(19,20)15-8-6-12(7-9-15)14(18)16(10-11-17)13-4-2-3-5-13/h12-13,17H,2-11H2,1H3. The summed E-state index contributed by atoms with van der Waals surface area (Å²) >= 11 is 0. The second-order valence-corrected chi connectivity index (χ2v) is 8.11. The normalized spacial score (nSPS) is 22.6. The van der Waals surface area contributed by atoms with Gasteiger partial charge >= 0.3 is 0 Å². The zero-order valence-electron chi connectivity index (χ0n) is 12.7. The van der Waals surface area contributed by atoms with E-state index in [-0.39, 0.29) is 24.5 Å². The van der Waals surface area contributed by atoms with Crippen LogP contribution in [0.4, 0.5) is 0 Å². The maximum atomic E-state index is 12.7. The molecule has 0 unspecified atom stereocenters. The van der Waals surface area contributed by atoms with Gasteiger partial charge in [0.1, 0.15) is 0 Å². The van der Waals surface area contributed by atoms with Crippen LogP contribution in [0.1, 0.15) is 38.5 Å². The smallest absolute Gasteiger partial charge is 0.226 e. The van der Waals surface area contributed by atoms with E-state index in [1.54, 1.807) is 0 Å². The molecule has 2 aliphatic rings. The molecule has 7 heteroatoms. The average molecular weight is 318 g/mol. The van der Waals surface area contributed by atoms with Gasteiger partial charge in [0.15, 0.2) is 0 Å². The van der Waals surface area contributed by atoms with Crippen LogP contribution in [0.2, 0.25) is 0 Å². The molecule has 2 rings (SSSR count). The molecule has 122 valence electrons. The molecule has 6 nitrogen and oxygen atoms in total. The highest BCUT2D eigenvalue weighted by Gasteiger charge is 2.34. The monoisotopic (exact) mass is 318 g/mol. The molecule has 1 heterocycles. The predicted octanol–water partition coefficient (Wildman–Crippen LogP) is 0.421. The van der Waals surface area contributed by atoms with Crippen LogP contribution >= 0.6 is 0 Å². The van der Waals surface area contributed by atoms with Gasteiger partial charge in [-0.2, -0.15) is 0 Å². The fourth-order valence-electron chi connectivity index (χ4n) is 3.47. The van der Waals surface area contributed by atoms with Gasteiger partial charge in [-0.3, -0.25) is 4.79 Å². The SMILES string of the molecule is CS(=O)(=O)N1CCC(C(=O)N(CCO)C2CCCC2)CC1. The number of hydrogen-bond donors (Lipinski definition) is 1. The number of carbonyl (C=O) groups is 1. The molecule has 0 spiro atoms. The maximum absolute atomic E-state index is 12.7. The summed E-state index contributed by atoms with van der Waals surface area (Å²) < 4.78 is 24.5. The summed E-state index contributed by atoms with van der Waals surface area (Å²) in [5.74, 6) is -0.000693. The number of piperidine rings is 1.